The number of hydrogen-bond donors (Lipinski definition) is 2. The van der Waals surface area contributed by atoms with E-state index in [0.29, 0.717) is 13.1 Å². The number of hydrogen-bond acceptors (Lipinski definition) is 1. The number of nitrogens with one attached hydrogen (secondary N) is 2. The summed E-state index contributed by atoms with van der Waals surface area (Å²) in [5, 5.41) is 4.23. The zero-order valence-electron chi connectivity index (χ0n) is 13.3. The number of nitrogens with zero attached hydrogens (tertiary/aromatic N) is 1. The highest BCUT2D eigenvalue weighted by Gasteiger charge is 2.12. The molecule has 23 heavy (non-hydrogen) atoms. The molecule has 3 aromatic rings. The van der Waals surface area contributed by atoms with Crippen LogP contribution in [0.1, 0.15) is 12.5 Å². The predicted molar refractivity (Wildman–Crippen MR) is 94.9 cm³/mol. The van der Waals surface area contributed by atoms with E-state index >= 15 is 0 Å². The Morgan fingerprint density at radius 2 is 1.83 bits per heavy atom. The quantitative estimate of drug-likeness (QED) is 0.737. The number of H-pyrrole nitrogens is 1. The van der Waals surface area contributed by atoms with E-state index in [2.05, 4.69) is 22.4 Å². The first-order valence-corrected chi connectivity index (χ1v) is 7.95. The highest BCUT2D eigenvalue weighted by atomic mass is 16.2. The largest absolute Gasteiger partial charge is 0.361 e. The van der Waals surface area contributed by atoms with Crippen molar-refractivity contribution in [1.29, 1.82) is 0 Å². The Kier molecular flexibility index (Phi) is 4.62. The zero-order chi connectivity index (χ0) is 16.1. The molecule has 3 rings (SSSR count). The molecule has 1 aromatic heterocycles. The smallest absolute Gasteiger partial charge is 0.321 e. The summed E-state index contributed by atoms with van der Waals surface area (Å²) in [5.74, 6) is 0. The fraction of sp³-hybridized carbons (Fsp3) is 0.211. The van der Waals surface area contributed by atoms with Gasteiger partial charge in [-0.3, -0.25) is 4.90 Å². The zero-order valence-corrected chi connectivity index (χ0v) is 13.3. The third-order valence-corrected chi connectivity index (χ3v) is 3.97. The van der Waals surface area contributed by atoms with E-state index in [0.717, 1.165) is 17.6 Å². The van der Waals surface area contributed by atoms with Gasteiger partial charge in [-0.2, -0.15) is 0 Å². The van der Waals surface area contributed by atoms with Crippen LogP contribution in [0.3, 0.4) is 0 Å². The number of amides is 2. The van der Waals surface area contributed by atoms with Crippen molar-refractivity contribution in [2.24, 2.45) is 0 Å². The van der Waals surface area contributed by atoms with Crippen LogP contribution in [-0.2, 0) is 6.42 Å². The molecule has 0 atom stereocenters. The second-order valence-corrected chi connectivity index (χ2v) is 5.42. The predicted octanol–water partition coefficient (Wildman–Crippen LogP) is 3.95. The summed E-state index contributed by atoms with van der Waals surface area (Å²) in [6, 6.07) is 17.9. The van der Waals surface area contributed by atoms with Gasteiger partial charge in [0.25, 0.3) is 0 Å². The highest BCUT2D eigenvalue weighted by Crippen LogP contribution is 2.18. The van der Waals surface area contributed by atoms with Gasteiger partial charge in [-0.15, -0.1) is 0 Å². The number of carbonyl (C=O) groups excluding carboxylic acids is 1. The van der Waals surface area contributed by atoms with Crippen molar-refractivity contribution in [3.8, 4) is 0 Å². The number of rotatable bonds is 5. The third kappa shape index (κ3) is 3.37. The number of fused-ring (bicyclic) bond motifs is 1. The monoisotopic (exact) mass is 307 g/mol. The van der Waals surface area contributed by atoms with E-state index in [1.807, 2.05) is 55.6 Å². The summed E-state index contributed by atoms with van der Waals surface area (Å²) in [6.45, 7) is 3.24. The fourth-order valence-corrected chi connectivity index (χ4v) is 2.79. The lowest BCUT2D eigenvalue weighted by atomic mass is 10.1. The Morgan fingerprint density at radius 3 is 2.61 bits per heavy atom. The van der Waals surface area contributed by atoms with E-state index in [1.165, 1.54) is 10.9 Å². The van der Waals surface area contributed by atoms with E-state index in [-0.39, 0.29) is 6.03 Å². The van der Waals surface area contributed by atoms with Crippen molar-refractivity contribution >= 4 is 22.6 Å². The Hall–Kier alpha value is -2.75. The fourth-order valence-electron chi connectivity index (χ4n) is 2.79. The standard InChI is InChI=1S/C19H21N3O/c1-2-22(16-8-4-3-5-9-16)19(23)20-13-12-15-14-21-18-11-7-6-10-17(15)18/h3-11,14,21H,2,12-13H2,1H3,(H,20,23). The second kappa shape index (κ2) is 7.01. The molecule has 0 radical (unpaired) electrons. The van der Waals surface area contributed by atoms with Crippen molar-refractivity contribution in [2.45, 2.75) is 13.3 Å². The summed E-state index contributed by atoms with van der Waals surface area (Å²) >= 11 is 0. The van der Waals surface area contributed by atoms with Gasteiger partial charge in [0, 0.05) is 35.9 Å². The molecule has 0 aliphatic heterocycles. The SMILES string of the molecule is CCN(C(=O)NCCc1c[nH]c2ccccc12)c1ccccc1. The topological polar surface area (TPSA) is 48.1 Å². The van der Waals surface area contributed by atoms with Gasteiger partial charge in [-0.1, -0.05) is 36.4 Å². The molecular weight excluding hydrogens is 286 g/mol. The number of para-hydroxylation sites is 2. The Bertz CT molecular complexity index is 779. The van der Waals surface area contributed by atoms with Crippen LogP contribution in [0.25, 0.3) is 10.9 Å². The van der Waals surface area contributed by atoms with Crippen LogP contribution in [0.15, 0.2) is 60.8 Å². The van der Waals surface area contributed by atoms with Gasteiger partial charge in [0.2, 0.25) is 0 Å². The normalized spacial score (nSPS) is 10.7. The molecular formula is C19H21N3O. The van der Waals surface area contributed by atoms with Gasteiger partial charge >= 0.3 is 6.03 Å². The number of benzene rings is 2. The molecule has 0 fully saturated rings. The molecule has 0 aliphatic rings. The van der Waals surface area contributed by atoms with Crippen LogP contribution >= 0.6 is 0 Å². The van der Waals surface area contributed by atoms with E-state index < -0.39 is 0 Å². The van der Waals surface area contributed by atoms with Crippen molar-refractivity contribution in [3.63, 3.8) is 0 Å². The van der Waals surface area contributed by atoms with E-state index in [1.54, 1.807) is 4.90 Å². The van der Waals surface area contributed by atoms with E-state index in [4.69, 9.17) is 0 Å². The molecule has 2 aromatic carbocycles. The average molecular weight is 307 g/mol. The van der Waals surface area contributed by atoms with Gasteiger partial charge in [0.1, 0.15) is 0 Å². The molecule has 4 nitrogen and oxygen atoms in total. The number of aromatic amines is 1. The third-order valence-electron chi connectivity index (χ3n) is 3.97. The maximum absolute atomic E-state index is 12.4. The maximum atomic E-state index is 12.4. The first kappa shape index (κ1) is 15.2. The molecule has 2 N–H and O–H groups in total. The summed E-state index contributed by atoms with van der Waals surface area (Å²) < 4.78 is 0. The summed E-state index contributed by atoms with van der Waals surface area (Å²) in [7, 11) is 0. The van der Waals surface area contributed by atoms with Gasteiger partial charge in [0.15, 0.2) is 0 Å². The van der Waals surface area contributed by atoms with Gasteiger partial charge in [0.05, 0.1) is 0 Å². The molecule has 0 spiro atoms. The lowest BCUT2D eigenvalue weighted by Crippen LogP contribution is -2.40. The number of carbonyl (C=O) groups is 1. The molecule has 2 amide bonds. The minimum Gasteiger partial charge on any atom is -0.361 e. The molecule has 0 saturated heterocycles. The van der Waals surface area contributed by atoms with Crippen LogP contribution < -0.4 is 10.2 Å². The summed E-state index contributed by atoms with van der Waals surface area (Å²) in [5.41, 5.74) is 3.27. The van der Waals surface area contributed by atoms with Crippen molar-refractivity contribution in [1.82, 2.24) is 10.3 Å². The molecule has 0 aliphatic carbocycles. The molecule has 0 unspecified atom stereocenters. The van der Waals surface area contributed by atoms with Gasteiger partial charge in [-0.05, 0) is 37.1 Å². The Labute approximate surface area is 136 Å². The Balaban J connectivity index is 1.60. The van der Waals surface area contributed by atoms with Crippen LogP contribution in [0.2, 0.25) is 0 Å². The lowest BCUT2D eigenvalue weighted by Gasteiger charge is -2.21. The highest BCUT2D eigenvalue weighted by molar-refractivity contribution is 5.92. The summed E-state index contributed by atoms with van der Waals surface area (Å²) in [6.07, 6.45) is 2.83. The van der Waals surface area contributed by atoms with Crippen molar-refractivity contribution < 1.29 is 4.79 Å². The van der Waals surface area contributed by atoms with E-state index in [9.17, 15) is 4.79 Å². The molecule has 118 valence electrons. The van der Waals surface area contributed by atoms with Crippen molar-refractivity contribution in [2.75, 3.05) is 18.0 Å². The van der Waals surface area contributed by atoms with Gasteiger partial charge in [-0.25, -0.2) is 4.79 Å². The molecule has 4 heteroatoms. The van der Waals surface area contributed by atoms with Crippen molar-refractivity contribution in [3.05, 3.63) is 66.4 Å². The maximum Gasteiger partial charge on any atom is 0.321 e. The molecule has 0 bridgehead atoms. The van der Waals surface area contributed by atoms with Crippen LogP contribution in [0.5, 0.6) is 0 Å². The van der Waals surface area contributed by atoms with Crippen LogP contribution in [-0.4, -0.2) is 24.1 Å². The number of urea groups is 1. The molecule has 0 saturated carbocycles. The van der Waals surface area contributed by atoms with Crippen LogP contribution in [0, 0.1) is 0 Å². The van der Waals surface area contributed by atoms with Gasteiger partial charge < -0.3 is 10.3 Å². The first-order valence-electron chi connectivity index (χ1n) is 7.95. The number of aromatic nitrogens is 1. The lowest BCUT2D eigenvalue weighted by molar-refractivity contribution is 0.246. The molecule has 1 heterocycles. The minimum absolute atomic E-state index is 0.0569. The van der Waals surface area contributed by atoms with Crippen LogP contribution in [0.4, 0.5) is 10.5 Å². The Morgan fingerprint density at radius 1 is 1.09 bits per heavy atom. The number of anilines is 1. The second-order valence-electron chi connectivity index (χ2n) is 5.42. The average Bonchev–Trinajstić information content (AvgIpc) is 3.00. The summed E-state index contributed by atoms with van der Waals surface area (Å²) in [4.78, 5) is 17.4. The first-order chi connectivity index (χ1) is 11.3. The minimum atomic E-state index is -0.0569.